The fourth-order valence-electron chi connectivity index (χ4n) is 1.98. The molecule has 0 unspecified atom stereocenters. The summed E-state index contributed by atoms with van der Waals surface area (Å²) >= 11 is 5.83. The number of ether oxygens (including phenoxy) is 1. The summed E-state index contributed by atoms with van der Waals surface area (Å²) in [7, 11) is 0. The van der Waals surface area contributed by atoms with Crippen LogP contribution < -0.4 is 10.2 Å². The maximum atomic E-state index is 12.0. The predicted molar refractivity (Wildman–Crippen MR) is 80.8 cm³/mol. The van der Waals surface area contributed by atoms with E-state index in [1.165, 1.54) is 11.8 Å². The van der Waals surface area contributed by atoms with Crippen molar-refractivity contribution < 1.29 is 4.74 Å². The van der Waals surface area contributed by atoms with E-state index in [-0.39, 0.29) is 10.5 Å². The number of aromatic nitrogens is 1. The highest BCUT2D eigenvalue weighted by molar-refractivity contribution is 6.31. The Morgan fingerprint density at radius 2 is 1.75 bits per heavy atom. The second kappa shape index (κ2) is 5.02. The molecule has 4 heteroatoms. The number of aromatic amines is 1. The van der Waals surface area contributed by atoms with E-state index in [1.807, 2.05) is 37.3 Å². The summed E-state index contributed by atoms with van der Waals surface area (Å²) in [6, 6.07) is 13.0. The molecule has 3 aromatic rings. The number of nitrogens with one attached hydrogen (secondary N) is 1. The molecule has 0 amide bonds. The van der Waals surface area contributed by atoms with Crippen LogP contribution in [0.25, 0.3) is 10.9 Å². The lowest BCUT2D eigenvalue weighted by Crippen LogP contribution is -2.03. The third-order valence-corrected chi connectivity index (χ3v) is 3.34. The molecule has 1 N–H and O–H groups in total. The largest absolute Gasteiger partial charge is 0.457 e. The van der Waals surface area contributed by atoms with Gasteiger partial charge < -0.3 is 9.72 Å². The Bertz CT molecular complexity index is 822. The summed E-state index contributed by atoms with van der Waals surface area (Å²) < 4.78 is 5.74. The molecule has 0 aliphatic heterocycles. The Hall–Kier alpha value is -2.26. The first-order valence-electron chi connectivity index (χ1n) is 6.19. The molecular weight excluding hydrogens is 274 g/mol. The molecule has 1 aromatic heterocycles. The number of fused-ring (bicyclic) bond motifs is 1. The maximum Gasteiger partial charge on any atom is 0.208 e. The molecule has 1 heterocycles. The van der Waals surface area contributed by atoms with Crippen molar-refractivity contribution in [2.45, 2.75) is 6.92 Å². The summed E-state index contributed by atoms with van der Waals surface area (Å²) in [6.45, 7) is 2.02. The van der Waals surface area contributed by atoms with Gasteiger partial charge in [0.2, 0.25) is 5.43 Å². The monoisotopic (exact) mass is 285 g/mol. The summed E-state index contributed by atoms with van der Waals surface area (Å²) in [5, 5.41) is 0.687. The number of H-pyrrole nitrogens is 1. The summed E-state index contributed by atoms with van der Waals surface area (Å²) in [6.07, 6.45) is 1.49. The Morgan fingerprint density at radius 1 is 1.05 bits per heavy atom. The van der Waals surface area contributed by atoms with Crippen LogP contribution in [-0.4, -0.2) is 4.98 Å². The Morgan fingerprint density at radius 3 is 2.50 bits per heavy atom. The van der Waals surface area contributed by atoms with Gasteiger partial charge in [-0.25, -0.2) is 0 Å². The molecule has 100 valence electrons. The van der Waals surface area contributed by atoms with Crippen molar-refractivity contribution in [1.82, 2.24) is 4.98 Å². The molecule has 0 bridgehead atoms. The van der Waals surface area contributed by atoms with Gasteiger partial charge in [0, 0.05) is 11.7 Å². The fourth-order valence-corrected chi connectivity index (χ4v) is 2.13. The average molecular weight is 286 g/mol. The molecule has 2 aromatic carbocycles. The van der Waals surface area contributed by atoms with Crippen molar-refractivity contribution >= 4 is 22.5 Å². The summed E-state index contributed by atoms with van der Waals surface area (Å²) in [5.74, 6) is 1.34. The van der Waals surface area contributed by atoms with Crippen molar-refractivity contribution in [1.29, 1.82) is 0 Å². The smallest absolute Gasteiger partial charge is 0.208 e. The molecule has 0 aliphatic rings. The first-order valence-corrected chi connectivity index (χ1v) is 6.57. The summed E-state index contributed by atoms with van der Waals surface area (Å²) in [5.41, 5.74) is 1.70. The van der Waals surface area contributed by atoms with Gasteiger partial charge >= 0.3 is 0 Å². The van der Waals surface area contributed by atoms with Gasteiger partial charge in [0.05, 0.1) is 5.39 Å². The average Bonchev–Trinajstić information content (AvgIpc) is 2.46. The van der Waals surface area contributed by atoms with Crippen LogP contribution in [-0.2, 0) is 0 Å². The van der Waals surface area contributed by atoms with E-state index in [0.717, 1.165) is 11.3 Å². The van der Waals surface area contributed by atoms with E-state index in [0.29, 0.717) is 11.1 Å². The van der Waals surface area contributed by atoms with Gasteiger partial charge in [-0.2, -0.15) is 0 Å². The Labute approximate surface area is 120 Å². The maximum absolute atomic E-state index is 12.0. The lowest BCUT2D eigenvalue weighted by molar-refractivity contribution is 0.483. The minimum atomic E-state index is -0.199. The van der Waals surface area contributed by atoms with Gasteiger partial charge in [0.15, 0.2) is 0 Å². The third-order valence-electron chi connectivity index (χ3n) is 3.06. The molecular formula is C16H12ClNO2. The van der Waals surface area contributed by atoms with Crippen molar-refractivity contribution in [3.8, 4) is 11.5 Å². The van der Waals surface area contributed by atoms with Crippen LogP contribution in [0.15, 0.2) is 53.5 Å². The zero-order valence-electron chi connectivity index (χ0n) is 10.8. The number of pyridine rings is 1. The van der Waals surface area contributed by atoms with E-state index in [9.17, 15) is 4.79 Å². The number of hydrogen-bond acceptors (Lipinski definition) is 2. The van der Waals surface area contributed by atoms with Crippen molar-refractivity contribution in [2.75, 3.05) is 0 Å². The van der Waals surface area contributed by atoms with Crippen molar-refractivity contribution in [3.63, 3.8) is 0 Å². The molecule has 0 atom stereocenters. The predicted octanol–water partition coefficient (Wildman–Crippen LogP) is 4.28. The summed E-state index contributed by atoms with van der Waals surface area (Å²) in [4.78, 5) is 14.9. The standard InChI is InChI=1S/C16H12ClNO2/c1-10-2-4-11(5-3-10)20-12-6-7-15-13(8-12)16(19)14(17)9-18-15/h2-9H,1H3,(H,18,19). The third kappa shape index (κ3) is 2.40. The molecule has 0 saturated heterocycles. The van der Waals surface area contributed by atoms with Crippen molar-refractivity contribution in [3.05, 3.63) is 69.5 Å². The van der Waals surface area contributed by atoms with E-state index in [4.69, 9.17) is 16.3 Å². The highest BCUT2D eigenvalue weighted by atomic mass is 35.5. The van der Waals surface area contributed by atoms with Crippen LogP contribution in [0.1, 0.15) is 5.56 Å². The SMILES string of the molecule is Cc1ccc(Oc2ccc3[nH]cc(Cl)c(=O)c3c2)cc1. The van der Waals surface area contributed by atoms with Crippen LogP contribution in [0.2, 0.25) is 5.02 Å². The lowest BCUT2D eigenvalue weighted by atomic mass is 10.2. The molecule has 3 rings (SSSR count). The first-order chi connectivity index (χ1) is 9.63. The zero-order valence-corrected chi connectivity index (χ0v) is 11.6. The van der Waals surface area contributed by atoms with Crippen LogP contribution in [0.4, 0.5) is 0 Å². The Balaban J connectivity index is 2.02. The van der Waals surface area contributed by atoms with Gasteiger partial charge in [-0.3, -0.25) is 4.79 Å². The second-order valence-corrected chi connectivity index (χ2v) is 5.00. The minimum Gasteiger partial charge on any atom is -0.457 e. The number of benzene rings is 2. The quantitative estimate of drug-likeness (QED) is 0.763. The number of rotatable bonds is 2. The fraction of sp³-hybridized carbons (Fsp3) is 0.0625. The molecule has 3 nitrogen and oxygen atoms in total. The number of aryl methyl sites for hydroxylation is 1. The van der Waals surface area contributed by atoms with Crippen LogP contribution in [0.5, 0.6) is 11.5 Å². The minimum absolute atomic E-state index is 0.171. The van der Waals surface area contributed by atoms with E-state index in [1.54, 1.807) is 12.1 Å². The molecule has 0 radical (unpaired) electrons. The van der Waals surface area contributed by atoms with E-state index < -0.39 is 0 Å². The lowest BCUT2D eigenvalue weighted by Gasteiger charge is -2.07. The molecule has 0 spiro atoms. The highest BCUT2D eigenvalue weighted by Gasteiger charge is 2.05. The number of halogens is 1. The van der Waals surface area contributed by atoms with Crippen molar-refractivity contribution in [2.24, 2.45) is 0 Å². The van der Waals surface area contributed by atoms with Crippen LogP contribution in [0, 0.1) is 6.92 Å². The van der Waals surface area contributed by atoms with Gasteiger partial charge in [0.25, 0.3) is 0 Å². The molecule has 20 heavy (non-hydrogen) atoms. The first kappa shape index (κ1) is 12.8. The molecule has 0 fully saturated rings. The Kier molecular flexibility index (Phi) is 3.20. The van der Waals surface area contributed by atoms with Gasteiger partial charge in [-0.15, -0.1) is 0 Å². The molecule has 0 aliphatic carbocycles. The van der Waals surface area contributed by atoms with Gasteiger partial charge in [-0.05, 0) is 37.3 Å². The van der Waals surface area contributed by atoms with Crippen LogP contribution >= 0.6 is 11.6 Å². The van der Waals surface area contributed by atoms with Gasteiger partial charge in [0.1, 0.15) is 16.5 Å². The second-order valence-electron chi connectivity index (χ2n) is 4.59. The zero-order chi connectivity index (χ0) is 14.1. The van der Waals surface area contributed by atoms with E-state index in [2.05, 4.69) is 4.98 Å². The topological polar surface area (TPSA) is 42.1 Å². The normalized spacial score (nSPS) is 10.7. The highest BCUT2D eigenvalue weighted by Crippen LogP contribution is 2.24. The van der Waals surface area contributed by atoms with Crippen LogP contribution in [0.3, 0.4) is 0 Å². The number of hydrogen-bond donors (Lipinski definition) is 1. The van der Waals surface area contributed by atoms with E-state index >= 15 is 0 Å². The van der Waals surface area contributed by atoms with Gasteiger partial charge in [-0.1, -0.05) is 29.3 Å². The molecule has 0 saturated carbocycles.